The van der Waals surface area contributed by atoms with Gasteiger partial charge in [0.05, 0.1) is 29.3 Å². The molecule has 8 heteroatoms. The van der Waals surface area contributed by atoms with Gasteiger partial charge in [-0.2, -0.15) is 13.2 Å². The van der Waals surface area contributed by atoms with Gasteiger partial charge < -0.3 is 20.1 Å². The molecule has 1 heterocycles. The van der Waals surface area contributed by atoms with Crippen LogP contribution >= 0.6 is 0 Å². The highest BCUT2D eigenvalue weighted by Gasteiger charge is 2.31. The molecule has 160 valence electrons. The third kappa shape index (κ3) is 4.76. The Bertz CT molecular complexity index is 1020. The average Bonchev–Trinajstić information content (AvgIpc) is 2.72. The van der Waals surface area contributed by atoms with Crippen molar-refractivity contribution in [2.24, 2.45) is 0 Å². The number of aryl methyl sites for hydroxylation is 1. The number of ether oxygens (including phenoxy) is 2. The van der Waals surface area contributed by atoms with Gasteiger partial charge in [0, 0.05) is 18.8 Å². The summed E-state index contributed by atoms with van der Waals surface area (Å²) in [4.78, 5) is 4.48. The molecule has 0 saturated heterocycles. The fourth-order valence-corrected chi connectivity index (χ4v) is 3.17. The minimum Gasteiger partial charge on any atom is -0.493 e. The lowest BCUT2D eigenvalue weighted by molar-refractivity contribution is -0.137. The summed E-state index contributed by atoms with van der Waals surface area (Å²) in [6.07, 6.45) is -1.85. The highest BCUT2D eigenvalue weighted by atomic mass is 19.4. The Balaban J connectivity index is 2.06. The van der Waals surface area contributed by atoms with E-state index in [1.807, 2.05) is 20.0 Å². The summed E-state index contributed by atoms with van der Waals surface area (Å²) in [5, 5.41) is 7.14. The van der Waals surface area contributed by atoms with Crippen LogP contribution in [0.15, 0.2) is 42.6 Å². The average molecular weight is 419 g/mol. The molecule has 0 amide bonds. The summed E-state index contributed by atoms with van der Waals surface area (Å²) < 4.78 is 50.7. The molecule has 0 spiro atoms. The molecule has 3 rings (SSSR count). The standard InChI is InChI=1S/C22H24F3N3O2/c1-14-8-11-28-20-17(27-10-5-9-26-2)13-18(29-3)21(19(14)20)30-16-7-4-6-15(12-16)22(23,24)25/h4,6-8,11-13,26-27H,5,9-10H2,1-3H3. The molecule has 2 N–H and O–H groups in total. The van der Waals surface area contributed by atoms with E-state index in [1.54, 1.807) is 12.3 Å². The van der Waals surface area contributed by atoms with Crippen molar-refractivity contribution in [3.8, 4) is 17.2 Å². The van der Waals surface area contributed by atoms with Gasteiger partial charge in [0.15, 0.2) is 11.5 Å². The SMILES string of the molecule is CNCCCNc1cc(OC)c(Oc2cccc(C(F)(F)F)c2)c2c(C)ccnc12. The molecule has 1 aromatic heterocycles. The van der Waals surface area contributed by atoms with E-state index >= 15 is 0 Å². The first-order valence-electron chi connectivity index (χ1n) is 9.55. The highest BCUT2D eigenvalue weighted by Crippen LogP contribution is 2.44. The molecule has 3 aromatic rings. The lowest BCUT2D eigenvalue weighted by atomic mass is 10.1. The van der Waals surface area contributed by atoms with Crippen LogP contribution in [0.4, 0.5) is 18.9 Å². The van der Waals surface area contributed by atoms with Crippen LogP contribution < -0.4 is 20.1 Å². The van der Waals surface area contributed by atoms with Crippen LogP contribution in [-0.4, -0.2) is 32.2 Å². The van der Waals surface area contributed by atoms with E-state index in [0.717, 1.165) is 42.9 Å². The van der Waals surface area contributed by atoms with E-state index in [4.69, 9.17) is 9.47 Å². The second-order valence-electron chi connectivity index (χ2n) is 6.82. The summed E-state index contributed by atoms with van der Waals surface area (Å²) in [7, 11) is 3.39. The Morgan fingerprint density at radius 3 is 2.60 bits per heavy atom. The van der Waals surface area contributed by atoms with Crippen LogP contribution in [0.25, 0.3) is 10.9 Å². The van der Waals surface area contributed by atoms with Crippen molar-refractivity contribution in [3.05, 3.63) is 53.7 Å². The number of nitrogens with zero attached hydrogens (tertiary/aromatic N) is 1. The monoisotopic (exact) mass is 419 g/mol. The molecule has 0 aliphatic rings. The van der Waals surface area contributed by atoms with E-state index < -0.39 is 11.7 Å². The second kappa shape index (κ2) is 9.21. The number of nitrogens with one attached hydrogen (secondary N) is 2. The van der Waals surface area contributed by atoms with Gasteiger partial charge >= 0.3 is 6.18 Å². The number of fused-ring (bicyclic) bond motifs is 1. The van der Waals surface area contributed by atoms with Gasteiger partial charge in [-0.3, -0.25) is 4.98 Å². The highest BCUT2D eigenvalue weighted by molar-refractivity contribution is 5.99. The number of hydrogen-bond donors (Lipinski definition) is 2. The van der Waals surface area contributed by atoms with Crippen molar-refractivity contribution >= 4 is 16.6 Å². The molecule has 0 atom stereocenters. The van der Waals surface area contributed by atoms with Gasteiger partial charge in [-0.25, -0.2) is 0 Å². The lowest BCUT2D eigenvalue weighted by Gasteiger charge is -2.18. The van der Waals surface area contributed by atoms with Crippen LogP contribution in [0.3, 0.4) is 0 Å². The van der Waals surface area contributed by atoms with Crippen LogP contribution in [-0.2, 0) is 6.18 Å². The molecule has 0 bridgehead atoms. The summed E-state index contributed by atoms with van der Waals surface area (Å²) in [5.74, 6) is 0.813. The zero-order chi connectivity index (χ0) is 21.7. The second-order valence-corrected chi connectivity index (χ2v) is 6.82. The first-order valence-corrected chi connectivity index (χ1v) is 9.55. The van der Waals surface area contributed by atoms with Crippen molar-refractivity contribution in [3.63, 3.8) is 0 Å². The molecule has 0 saturated carbocycles. The van der Waals surface area contributed by atoms with Gasteiger partial charge in [-0.15, -0.1) is 0 Å². The minimum atomic E-state index is -4.45. The smallest absolute Gasteiger partial charge is 0.416 e. The predicted molar refractivity (Wildman–Crippen MR) is 112 cm³/mol. The molecule has 5 nitrogen and oxygen atoms in total. The fraction of sp³-hybridized carbons (Fsp3) is 0.318. The van der Waals surface area contributed by atoms with Crippen molar-refractivity contribution in [1.29, 1.82) is 0 Å². The van der Waals surface area contributed by atoms with Gasteiger partial charge in [-0.05, 0) is 56.8 Å². The number of pyridine rings is 1. The number of alkyl halides is 3. The van der Waals surface area contributed by atoms with Crippen molar-refractivity contribution in [2.75, 3.05) is 32.6 Å². The zero-order valence-corrected chi connectivity index (χ0v) is 17.1. The van der Waals surface area contributed by atoms with E-state index in [0.29, 0.717) is 22.4 Å². The first-order chi connectivity index (χ1) is 14.3. The lowest BCUT2D eigenvalue weighted by Crippen LogP contribution is -2.13. The van der Waals surface area contributed by atoms with Crippen LogP contribution in [0.2, 0.25) is 0 Å². The van der Waals surface area contributed by atoms with Gasteiger partial charge in [0.25, 0.3) is 0 Å². The number of rotatable bonds is 8. The maximum Gasteiger partial charge on any atom is 0.416 e. The van der Waals surface area contributed by atoms with Crippen molar-refractivity contribution in [2.45, 2.75) is 19.5 Å². The number of methoxy groups -OCH3 is 1. The summed E-state index contributed by atoms with van der Waals surface area (Å²) in [6.45, 7) is 3.49. The van der Waals surface area contributed by atoms with Crippen LogP contribution in [0.5, 0.6) is 17.2 Å². The Labute approximate surface area is 173 Å². The predicted octanol–water partition coefficient (Wildman–Crippen LogP) is 5.38. The van der Waals surface area contributed by atoms with E-state index in [1.165, 1.54) is 19.2 Å². The molecule has 0 aliphatic heterocycles. The van der Waals surface area contributed by atoms with Crippen molar-refractivity contribution in [1.82, 2.24) is 10.3 Å². The Morgan fingerprint density at radius 1 is 1.10 bits per heavy atom. The van der Waals surface area contributed by atoms with Gasteiger partial charge in [0.2, 0.25) is 0 Å². The Kier molecular flexibility index (Phi) is 6.66. The van der Waals surface area contributed by atoms with Gasteiger partial charge in [0.1, 0.15) is 5.75 Å². The molecule has 2 aromatic carbocycles. The van der Waals surface area contributed by atoms with Gasteiger partial charge in [-0.1, -0.05) is 6.07 Å². The maximum atomic E-state index is 13.1. The van der Waals surface area contributed by atoms with Crippen molar-refractivity contribution < 1.29 is 22.6 Å². The largest absolute Gasteiger partial charge is 0.493 e. The van der Waals surface area contributed by atoms with Crippen LogP contribution in [0, 0.1) is 6.92 Å². The molecular weight excluding hydrogens is 395 g/mol. The van der Waals surface area contributed by atoms with E-state index in [9.17, 15) is 13.2 Å². The number of hydrogen-bond acceptors (Lipinski definition) is 5. The third-order valence-corrected chi connectivity index (χ3v) is 4.66. The first kappa shape index (κ1) is 21.7. The Hall–Kier alpha value is -3.00. The number of aromatic nitrogens is 1. The minimum absolute atomic E-state index is 0.0717. The van der Waals surface area contributed by atoms with Crippen LogP contribution in [0.1, 0.15) is 17.5 Å². The number of benzene rings is 2. The Morgan fingerprint density at radius 2 is 1.90 bits per heavy atom. The quantitative estimate of drug-likeness (QED) is 0.480. The fourth-order valence-electron chi connectivity index (χ4n) is 3.17. The summed E-state index contributed by atoms with van der Waals surface area (Å²) >= 11 is 0. The zero-order valence-electron chi connectivity index (χ0n) is 17.1. The maximum absolute atomic E-state index is 13.1. The molecule has 0 aliphatic carbocycles. The molecule has 0 fully saturated rings. The van der Waals surface area contributed by atoms with E-state index in [-0.39, 0.29) is 5.75 Å². The topological polar surface area (TPSA) is 55.4 Å². The summed E-state index contributed by atoms with van der Waals surface area (Å²) in [5.41, 5.74) is 1.54. The molecule has 30 heavy (non-hydrogen) atoms. The molecular formula is C22H24F3N3O2. The molecule has 0 unspecified atom stereocenters. The molecule has 0 radical (unpaired) electrons. The number of anilines is 1. The van der Waals surface area contributed by atoms with E-state index in [2.05, 4.69) is 15.6 Å². The normalized spacial score (nSPS) is 11.5. The summed E-state index contributed by atoms with van der Waals surface area (Å²) in [6, 6.07) is 8.36. The number of halogens is 3. The third-order valence-electron chi connectivity index (χ3n) is 4.66.